The Kier molecular flexibility index (Phi) is 7.98. The van der Waals surface area contributed by atoms with E-state index in [2.05, 4.69) is 94.4 Å². The molecule has 0 saturated carbocycles. The van der Waals surface area contributed by atoms with Crippen molar-refractivity contribution >= 4 is 61.9 Å². The fraction of sp³-hybridized carbons (Fsp3) is 0. The van der Waals surface area contributed by atoms with Crippen molar-refractivity contribution in [3.63, 3.8) is 0 Å². The average Bonchev–Trinajstić information content (AvgIpc) is 3.62. The van der Waals surface area contributed by atoms with E-state index >= 15 is 4.57 Å². The zero-order chi connectivity index (χ0) is 38.6. The predicted octanol–water partition coefficient (Wildman–Crippen LogP) is 11.4. The maximum Gasteiger partial charge on any atom is 0.175 e. The Balaban J connectivity index is 1.22. The van der Waals surface area contributed by atoms with Gasteiger partial charge in [0.25, 0.3) is 0 Å². The van der Waals surface area contributed by atoms with Crippen LogP contribution >= 0.6 is 7.14 Å². The van der Waals surface area contributed by atoms with Gasteiger partial charge in [0.1, 0.15) is 0 Å². The third kappa shape index (κ3) is 5.42. The molecule has 0 amide bonds. The van der Waals surface area contributed by atoms with E-state index in [-0.39, 0.29) is 0 Å². The van der Waals surface area contributed by atoms with Crippen molar-refractivity contribution in [2.24, 2.45) is 0 Å². The maximum absolute atomic E-state index is 16.3. The predicted molar refractivity (Wildman–Crippen MR) is 238 cm³/mol. The first-order chi connectivity index (χ1) is 28.6. The number of fused-ring (bicyclic) bond motifs is 5. The van der Waals surface area contributed by atoms with E-state index in [0.29, 0.717) is 17.5 Å². The standard InChI is InChI=1S/C51H34N5OP/c57-58(40-26-14-5-15-27-40)47-29-17-16-28-44(47)56(39-24-12-4-13-25-39)46-34-45-42(33-48(46)58)41-32-37(30-31-43(41)55(45)38-22-10-3-11-23-38)51-53-49(35-18-6-1-7-19-35)52-50(54-51)36-20-8-2-9-21-36/h1-34H. The fourth-order valence-electron chi connectivity index (χ4n) is 8.36. The van der Waals surface area contributed by atoms with Crippen LogP contribution in [0.2, 0.25) is 0 Å². The highest BCUT2D eigenvalue weighted by Gasteiger charge is 2.41. The van der Waals surface area contributed by atoms with Gasteiger partial charge in [0.15, 0.2) is 24.6 Å². The second-order valence-electron chi connectivity index (χ2n) is 14.4. The van der Waals surface area contributed by atoms with E-state index < -0.39 is 7.14 Å². The first-order valence-electron chi connectivity index (χ1n) is 19.3. The highest BCUT2D eigenvalue weighted by atomic mass is 31.2. The van der Waals surface area contributed by atoms with Gasteiger partial charge in [-0.25, -0.2) is 15.0 Å². The lowest BCUT2D eigenvalue weighted by atomic mass is 10.1. The number of hydrogen-bond acceptors (Lipinski definition) is 5. The summed E-state index contributed by atoms with van der Waals surface area (Å²) < 4.78 is 18.6. The van der Waals surface area contributed by atoms with Crippen molar-refractivity contribution in [1.82, 2.24) is 19.5 Å². The van der Waals surface area contributed by atoms with Gasteiger partial charge in [0.05, 0.1) is 22.4 Å². The van der Waals surface area contributed by atoms with E-state index in [4.69, 9.17) is 15.0 Å². The van der Waals surface area contributed by atoms with Gasteiger partial charge in [-0.2, -0.15) is 0 Å². The number of aromatic nitrogens is 4. The molecule has 58 heavy (non-hydrogen) atoms. The van der Waals surface area contributed by atoms with Crippen molar-refractivity contribution in [2.75, 3.05) is 4.90 Å². The molecule has 11 rings (SSSR count). The smallest absolute Gasteiger partial charge is 0.175 e. The molecule has 0 spiro atoms. The summed E-state index contributed by atoms with van der Waals surface area (Å²) in [4.78, 5) is 17.3. The minimum absolute atomic E-state index is 0.576. The molecule has 0 bridgehead atoms. The first kappa shape index (κ1) is 33.9. The molecule has 8 aromatic carbocycles. The zero-order valence-corrected chi connectivity index (χ0v) is 32.1. The summed E-state index contributed by atoms with van der Waals surface area (Å²) in [7, 11) is -3.38. The zero-order valence-electron chi connectivity index (χ0n) is 31.2. The third-order valence-electron chi connectivity index (χ3n) is 11.0. The van der Waals surface area contributed by atoms with E-state index in [0.717, 1.165) is 77.2 Å². The van der Waals surface area contributed by atoms with Gasteiger partial charge >= 0.3 is 0 Å². The third-order valence-corrected chi connectivity index (χ3v) is 14.1. The molecule has 0 radical (unpaired) electrons. The number of benzene rings is 8. The molecule has 1 atom stereocenters. The van der Waals surface area contributed by atoms with Crippen LogP contribution < -0.4 is 20.8 Å². The van der Waals surface area contributed by atoms with Crippen molar-refractivity contribution in [3.8, 4) is 39.9 Å². The van der Waals surface area contributed by atoms with Gasteiger partial charge in [0, 0.05) is 54.8 Å². The minimum atomic E-state index is -3.38. The maximum atomic E-state index is 16.3. The lowest BCUT2D eigenvalue weighted by Crippen LogP contribution is -2.36. The summed E-state index contributed by atoms with van der Waals surface area (Å²) in [5.74, 6) is 1.79. The Labute approximate surface area is 335 Å². The Hall–Kier alpha value is -7.40. The normalized spacial score (nSPS) is 14.7. The fourth-order valence-corrected chi connectivity index (χ4v) is 11.4. The summed E-state index contributed by atoms with van der Waals surface area (Å²) in [6, 6.07) is 69.8. The van der Waals surface area contributed by atoms with Crippen LogP contribution in [0.5, 0.6) is 0 Å². The van der Waals surface area contributed by atoms with Crippen molar-refractivity contribution in [2.45, 2.75) is 0 Å². The molecule has 0 fully saturated rings. The van der Waals surface area contributed by atoms with Crippen LogP contribution in [0.3, 0.4) is 0 Å². The molecular formula is C51H34N5OP. The van der Waals surface area contributed by atoms with Gasteiger partial charge in [-0.3, -0.25) is 0 Å². The van der Waals surface area contributed by atoms with Gasteiger partial charge < -0.3 is 14.0 Å². The topological polar surface area (TPSA) is 63.9 Å². The summed E-state index contributed by atoms with van der Waals surface area (Å²) in [5, 5.41) is 4.41. The molecule has 0 N–H and O–H groups in total. The Bertz CT molecular complexity index is 3130. The molecular weight excluding hydrogens is 730 g/mol. The summed E-state index contributed by atoms with van der Waals surface area (Å²) in [5.41, 5.74) is 8.54. The van der Waals surface area contributed by atoms with Gasteiger partial charge in [-0.1, -0.05) is 140 Å². The summed E-state index contributed by atoms with van der Waals surface area (Å²) in [6.45, 7) is 0. The molecule has 0 saturated heterocycles. The second kappa shape index (κ2) is 13.7. The highest BCUT2D eigenvalue weighted by molar-refractivity contribution is 7.86. The minimum Gasteiger partial charge on any atom is -0.309 e. The molecule has 0 aliphatic carbocycles. The van der Waals surface area contributed by atoms with Crippen LogP contribution in [0.25, 0.3) is 61.7 Å². The molecule has 1 unspecified atom stereocenters. The monoisotopic (exact) mass is 763 g/mol. The lowest BCUT2D eigenvalue weighted by molar-refractivity contribution is 0.592. The molecule has 10 aromatic rings. The van der Waals surface area contributed by atoms with E-state index in [1.807, 2.05) is 121 Å². The Morgan fingerprint density at radius 2 is 0.879 bits per heavy atom. The van der Waals surface area contributed by atoms with Gasteiger partial charge in [-0.15, -0.1) is 0 Å². The molecule has 3 heterocycles. The highest BCUT2D eigenvalue weighted by Crippen LogP contribution is 2.55. The Morgan fingerprint density at radius 1 is 0.379 bits per heavy atom. The van der Waals surface area contributed by atoms with E-state index in [9.17, 15) is 0 Å². The number of nitrogens with zero attached hydrogens (tertiary/aromatic N) is 5. The quantitative estimate of drug-likeness (QED) is 0.158. The largest absolute Gasteiger partial charge is 0.309 e. The van der Waals surface area contributed by atoms with E-state index in [1.54, 1.807) is 0 Å². The molecule has 1 aliphatic heterocycles. The van der Waals surface area contributed by atoms with Crippen molar-refractivity contribution in [3.05, 3.63) is 206 Å². The van der Waals surface area contributed by atoms with Crippen molar-refractivity contribution < 1.29 is 4.57 Å². The number of hydrogen-bond donors (Lipinski definition) is 0. The van der Waals surface area contributed by atoms with Crippen LogP contribution in [0.15, 0.2) is 206 Å². The molecule has 7 heteroatoms. The molecule has 6 nitrogen and oxygen atoms in total. The second-order valence-corrected chi connectivity index (χ2v) is 17.1. The van der Waals surface area contributed by atoms with Crippen molar-refractivity contribution in [1.29, 1.82) is 0 Å². The van der Waals surface area contributed by atoms with Crippen LogP contribution in [0, 0.1) is 0 Å². The number of anilines is 3. The van der Waals surface area contributed by atoms with Gasteiger partial charge in [-0.05, 0) is 66.7 Å². The van der Waals surface area contributed by atoms with Crippen LogP contribution in [0.1, 0.15) is 0 Å². The SMILES string of the molecule is O=P1(c2ccccc2)c2ccccc2N(c2ccccc2)c2cc3c(cc21)c1cc(-c2nc(-c4ccccc4)nc(-c4ccccc4)n2)ccc1n3-c1ccccc1. The lowest BCUT2D eigenvalue weighted by Gasteiger charge is -2.38. The van der Waals surface area contributed by atoms with Gasteiger partial charge in [0.2, 0.25) is 0 Å². The average molecular weight is 764 g/mol. The number of rotatable bonds is 6. The Morgan fingerprint density at radius 3 is 1.50 bits per heavy atom. The number of para-hydroxylation sites is 3. The molecule has 1 aliphatic rings. The molecule has 274 valence electrons. The van der Waals surface area contributed by atoms with E-state index in [1.165, 1.54) is 0 Å². The molecule has 2 aromatic heterocycles. The summed E-state index contributed by atoms with van der Waals surface area (Å²) in [6.07, 6.45) is 0. The first-order valence-corrected chi connectivity index (χ1v) is 21.0. The van der Waals surface area contributed by atoms with Crippen LogP contribution in [0.4, 0.5) is 17.1 Å². The van der Waals surface area contributed by atoms with Crippen LogP contribution in [-0.2, 0) is 4.57 Å². The summed E-state index contributed by atoms with van der Waals surface area (Å²) >= 11 is 0. The van der Waals surface area contributed by atoms with Crippen LogP contribution in [-0.4, -0.2) is 19.5 Å².